The van der Waals surface area contributed by atoms with Crippen molar-refractivity contribution >= 4 is 11.6 Å². The third-order valence-electron chi connectivity index (χ3n) is 2.66. The minimum Gasteiger partial charge on any atom is -0.377 e. The lowest BCUT2D eigenvalue weighted by atomic mass is 9.87. The van der Waals surface area contributed by atoms with Crippen molar-refractivity contribution < 1.29 is 9.53 Å². The van der Waals surface area contributed by atoms with Gasteiger partial charge in [-0.05, 0) is 19.1 Å². The van der Waals surface area contributed by atoms with E-state index in [4.69, 9.17) is 10.00 Å². The fourth-order valence-electron chi connectivity index (χ4n) is 1.44. The van der Waals surface area contributed by atoms with Crippen molar-refractivity contribution in [3.05, 3.63) is 29.8 Å². The lowest BCUT2D eigenvalue weighted by molar-refractivity contribution is -0.144. The van der Waals surface area contributed by atoms with Crippen LogP contribution in [-0.4, -0.2) is 19.1 Å². The van der Waals surface area contributed by atoms with Gasteiger partial charge in [-0.3, -0.25) is 4.79 Å². The maximum absolute atomic E-state index is 11.8. The molecule has 1 amide bonds. The standard InChI is InChI=1S/C12H12N2O2/c1-9-2-4-10(5-3-9)14-11(15)12(6-13)7-16-8-12/h2-5H,7-8H2,1H3,(H,14,15). The first-order chi connectivity index (χ1) is 7.66. The first kappa shape index (κ1) is 10.7. The molecule has 0 bridgehead atoms. The van der Waals surface area contributed by atoms with E-state index in [1.165, 1.54) is 0 Å². The molecule has 0 radical (unpaired) electrons. The van der Waals surface area contributed by atoms with Crippen LogP contribution in [-0.2, 0) is 9.53 Å². The van der Waals surface area contributed by atoms with Gasteiger partial charge in [0, 0.05) is 5.69 Å². The molecule has 82 valence electrons. The molecule has 1 aromatic carbocycles. The van der Waals surface area contributed by atoms with Crippen molar-refractivity contribution in [2.45, 2.75) is 6.92 Å². The number of aryl methyl sites for hydroxylation is 1. The van der Waals surface area contributed by atoms with E-state index in [9.17, 15) is 4.79 Å². The van der Waals surface area contributed by atoms with Crippen molar-refractivity contribution in [2.75, 3.05) is 18.5 Å². The Kier molecular flexibility index (Phi) is 2.63. The number of carbonyl (C=O) groups excluding carboxylic acids is 1. The van der Waals surface area contributed by atoms with Crippen LogP contribution in [0.4, 0.5) is 5.69 Å². The molecule has 4 heteroatoms. The predicted molar refractivity (Wildman–Crippen MR) is 58.7 cm³/mol. The number of rotatable bonds is 2. The van der Waals surface area contributed by atoms with Crippen molar-refractivity contribution in [1.29, 1.82) is 5.26 Å². The van der Waals surface area contributed by atoms with Crippen LogP contribution in [0.3, 0.4) is 0 Å². The summed E-state index contributed by atoms with van der Waals surface area (Å²) in [4.78, 5) is 11.8. The molecule has 0 aromatic heterocycles. The second kappa shape index (κ2) is 3.95. The van der Waals surface area contributed by atoms with Crippen LogP contribution in [0, 0.1) is 23.7 Å². The highest BCUT2D eigenvalue weighted by Crippen LogP contribution is 2.28. The van der Waals surface area contributed by atoms with E-state index >= 15 is 0 Å². The third-order valence-corrected chi connectivity index (χ3v) is 2.66. The number of carbonyl (C=O) groups is 1. The Morgan fingerprint density at radius 2 is 2.06 bits per heavy atom. The zero-order valence-corrected chi connectivity index (χ0v) is 8.99. The molecule has 1 heterocycles. The van der Waals surface area contributed by atoms with E-state index < -0.39 is 5.41 Å². The van der Waals surface area contributed by atoms with Gasteiger partial charge < -0.3 is 10.1 Å². The molecule has 1 fully saturated rings. The molecular weight excluding hydrogens is 204 g/mol. The molecule has 2 rings (SSSR count). The van der Waals surface area contributed by atoms with Crippen molar-refractivity contribution in [3.8, 4) is 6.07 Å². The molecule has 1 aromatic rings. The molecule has 16 heavy (non-hydrogen) atoms. The van der Waals surface area contributed by atoms with E-state index in [0.29, 0.717) is 5.69 Å². The van der Waals surface area contributed by atoms with Crippen LogP contribution in [0.2, 0.25) is 0 Å². The number of amides is 1. The lowest BCUT2D eigenvalue weighted by Crippen LogP contribution is -2.50. The van der Waals surface area contributed by atoms with Crippen LogP contribution < -0.4 is 5.32 Å². The van der Waals surface area contributed by atoms with Crippen LogP contribution in [0.25, 0.3) is 0 Å². The van der Waals surface area contributed by atoms with Gasteiger partial charge in [-0.25, -0.2) is 0 Å². The molecule has 0 saturated carbocycles. The largest absolute Gasteiger partial charge is 0.377 e. The van der Waals surface area contributed by atoms with Crippen LogP contribution in [0.15, 0.2) is 24.3 Å². The molecule has 0 aliphatic carbocycles. The Bertz CT molecular complexity index is 441. The topological polar surface area (TPSA) is 62.1 Å². The average molecular weight is 216 g/mol. The summed E-state index contributed by atoms with van der Waals surface area (Å²) in [7, 11) is 0. The second-order valence-corrected chi connectivity index (χ2v) is 4.01. The molecule has 4 nitrogen and oxygen atoms in total. The Balaban J connectivity index is 2.08. The highest BCUT2D eigenvalue weighted by atomic mass is 16.5. The highest BCUT2D eigenvalue weighted by molar-refractivity contribution is 5.98. The Hall–Kier alpha value is -1.86. The Morgan fingerprint density at radius 3 is 2.50 bits per heavy atom. The van der Waals surface area contributed by atoms with Crippen molar-refractivity contribution in [2.24, 2.45) is 5.41 Å². The zero-order valence-electron chi connectivity index (χ0n) is 8.99. The first-order valence-electron chi connectivity index (χ1n) is 5.03. The van der Waals surface area contributed by atoms with Crippen LogP contribution in [0.5, 0.6) is 0 Å². The predicted octanol–water partition coefficient (Wildman–Crippen LogP) is 1.47. The number of hydrogen-bond donors (Lipinski definition) is 1. The van der Waals surface area contributed by atoms with Gasteiger partial charge in [0.2, 0.25) is 5.91 Å². The number of nitrogens with one attached hydrogen (secondary N) is 1. The maximum Gasteiger partial charge on any atom is 0.249 e. The van der Waals surface area contributed by atoms with E-state index in [1.54, 1.807) is 0 Å². The van der Waals surface area contributed by atoms with Gasteiger partial charge in [-0.2, -0.15) is 5.26 Å². The lowest BCUT2D eigenvalue weighted by Gasteiger charge is -2.33. The average Bonchev–Trinajstić information content (AvgIpc) is 2.21. The normalized spacial score (nSPS) is 17.0. The summed E-state index contributed by atoms with van der Waals surface area (Å²) in [6.45, 7) is 2.34. The number of nitrogens with zero attached hydrogens (tertiary/aromatic N) is 1. The summed E-state index contributed by atoms with van der Waals surface area (Å²) in [6.07, 6.45) is 0. The minimum atomic E-state index is -0.995. The Morgan fingerprint density at radius 1 is 1.44 bits per heavy atom. The fourth-order valence-corrected chi connectivity index (χ4v) is 1.44. The highest BCUT2D eigenvalue weighted by Gasteiger charge is 2.46. The SMILES string of the molecule is Cc1ccc(NC(=O)C2(C#N)COC2)cc1. The second-order valence-electron chi connectivity index (χ2n) is 4.01. The molecule has 0 spiro atoms. The number of nitriles is 1. The van der Waals surface area contributed by atoms with Gasteiger partial charge in [0.05, 0.1) is 19.3 Å². The van der Waals surface area contributed by atoms with Gasteiger partial charge in [0.1, 0.15) is 0 Å². The smallest absolute Gasteiger partial charge is 0.249 e. The Labute approximate surface area is 93.8 Å². The third kappa shape index (κ3) is 1.77. The molecule has 0 atom stereocenters. The van der Waals surface area contributed by atoms with E-state index in [2.05, 4.69) is 5.32 Å². The van der Waals surface area contributed by atoms with Gasteiger partial charge in [0.15, 0.2) is 5.41 Å². The summed E-state index contributed by atoms with van der Waals surface area (Å²) in [6, 6.07) is 9.46. The molecule has 1 aliphatic rings. The molecule has 1 aliphatic heterocycles. The number of anilines is 1. The van der Waals surface area contributed by atoms with E-state index in [1.807, 2.05) is 37.3 Å². The monoisotopic (exact) mass is 216 g/mol. The maximum atomic E-state index is 11.8. The summed E-state index contributed by atoms with van der Waals surface area (Å²) < 4.78 is 4.92. The molecule has 1 N–H and O–H groups in total. The van der Waals surface area contributed by atoms with Crippen molar-refractivity contribution in [3.63, 3.8) is 0 Å². The van der Waals surface area contributed by atoms with Crippen LogP contribution in [0.1, 0.15) is 5.56 Å². The summed E-state index contributed by atoms with van der Waals surface area (Å²) in [5.74, 6) is -0.287. The molecular formula is C12H12N2O2. The van der Waals surface area contributed by atoms with Crippen molar-refractivity contribution in [1.82, 2.24) is 0 Å². The van der Waals surface area contributed by atoms with Gasteiger partial charge in [-0.1, -0.05) is 17.7 Å². The quantitative estimate of drug-likeness (QED) is 0.814. The van der Waals surface area contributed by atoms with E-state index in [-0.39, 0.29) is 19.1 Å². The number of ether oxygens (including phenoxy) is 1. The summed E-state index contributed by atoms with van der Waals surface area (Å²) in [5, 5.41) is 11.7. The zero-order chi connectivity index (χ0) is 11.6. The van der Waals surface area contributed by atoms with Crippen LogP contribution >= 0.6 is 0 Å². The van der Waals surface area contributed by atoms with Gasteiger partial charge in [0.25, 0.3) is 0 Å². The molecule has 0 unspecified atom stereocenters. The summed E-state index contributed by atoms with van der Waals surface area (Å²) >= 11 is 0. The van der Waals surface area contributed by atoms with Gasteiger partial charge >= 0.3 is 0 Å². The molecule has 1 saturated heterocycles. The minimum absolute atomic E-state index is 0.182. The number of hydrogen-bond acceptors (Lipinski definition) is 3. The van der Waals surface area contributed by atoms with E-state index in [0.717, 1.165) is 5.56 Å². The first-order valence-corrected chi connectivity index (χ1v) is 5.03. The van der Waals surface area contributed by atoms with Gasteiger partial charge in [-0.15, -0.1) is 0 Å². The number of benzene rings is 1. The summed E-state index contributed by atoms with van der Waals surface area (Å²) in [5.41, 5.74) is 0.835. The fraction of sp³-hybridized carbons (Fsp3) is 0.333.